The zero-order valence-electron chi connectivity index (χ0n) is 14.7. The number of rotatable bonds is 10. The molecule has 0 saturated carbocycles. The van der Waals surface area contributed by atoms with E-state index in [1.807, 2.05) is 31.2 Å². The zero-order valence-corrected chi connectivity index (χ0v) is 15.5. The highest BCUT2D eigenvalue weighted by Crippen LogP contribution is 2.24. The number of carbonyl (C=O) groups is 1. The highest BCUT2D eigenvalue weighted by atomic mass is 32.2. The van der Waals surface area contributed by atoms with Crippen molar-refractivity contribution in [1.29, 1.82) is 0 Å². The maximum Gasteiger partial charge on any atom is 0.296 e. The molecule has 0 aromatic heterocycles. The first-order valence-electron chi connectivity index (χ1n) is 8.43. The molecule has 0 heterocycles. The summed E-state index contributed by atoms with van der Waals surface area (Å²) in [6.07, 6.45) is 1.17. The van der Waals surface area contributed by atoms with Crippen LogP contribution >= 0.6 is 0 Å². The van der Waals surface area contributed by atoms with E-state index < -0.39 is 16.0 Å². The number of ether oxygens (including phenoxy) is 1. The Morgan fingerprint density at radius 1 is 0.962 bits per heavy atom. The van der Waals surface area contributed by atoms with Gasteiger partial charge in [-0.05, 0) is 55.2 Å². The quantitative estimate of drug-likeness (QED) is 0.507. The van der Waals surface area contributed by atoms with Crippen LogP contribution in [0, 0.1) is 0 Å². The second-order valence-electron chi connectivity index (χ2n) is 5.68. The van der Waals surface area contributed by atoms with Gasteiger partial charge in [0.25, 0.3) is 10.1 Å². The normalized spacial score (nSPS) is 11.3. The number of hydrogen-bond donors (Lipinski definition) is 1. The number of primary amides is 1. The summed E-state index contributed by atoms with van der Waals surface area (Å²) >= 11 is 0. The molecule has 2 aromatic rings. The van der Waals surface area contributed by atoms with Gasteiger partial charge in [0.2, 0.25) is 5.91 Å². The van der Waals surface area contributed by atoms with Gasteiger partial charge in [-0.3, -0.25) is 8.98 Å². The molecule has 7 heteroatoms. The summed E-state index contributed by atoms with van der Waals surface area (Å²) in [6, 6.07) is 14.1. The number of carbonyl (C=O) groups excluding carboxylic acids is 1. The summed E-state index contributed by atoms with van der Waals surface area (Å²) in [7, 11) is -3.81. The molecule has 0 aliphatic carbocycles. The molecule has 0 saturated heterocycles. The molecular formula is C19H23NO5S. The summed E-state index contributed by atoms with van der Waals surface area (Å²) < 4.78 is 34.7. The SMILES string of the molecule is CCOc1ccc(-c2ccc(S(=O)(=O)OCCCCC(N)=O)cc2)cc1. The Morgan fingerprint density at radius 2 is 1.54 bits per heavy atom. The van der Waals surface area contributed by atoms with Crippen LogP contribution in [0.15, 0.2) is 53.4 Å². The van der Waals surface area contributed by atoms with Gasteiger partial charge in [0.05, 0.1) is 18.1 Å². The molecule has 0 radical (unpaired) electrons. The van der Waals surface area contributed by atoms with Crippen LogP contribution < -0.4 is 10.5 Å². The lowest BCUT2D eigenvalue weighted by molar-refractivity contribution is -0.118. The molecule has 140 valence electrons. The highest BCUT2D eigenvalue weighted by molar-refractivity contribution is 7.86. The van der Waals surface area contributed by atoms with Crippen LogP contribution in [0.2, 0.25) is 0 Å². The largest absolute Gasteiger partial charge is 0.494 e. The molecule has 1 amide bonds. The van der Waals surface area contributed by atoms with Gasteiger partial charge in [0.15, 0.2) is 0 Å². The first kappa shape index (κ1) is 19.9. The fourth-order valence-corrected chi connectivity index (χ4v) is 3.31. The molecule has 0 fully saturated rings. The summed E-state index contributed by atoms with van der Waals surface area (Å²) in [6.45, 7) is 2.55. The fraction of sp³-hybridized carbons (Fsp3) is 0.316. The van der Waals surface area contributed by atoms with Crippen molar-refractivity contribution in [3.63, 3.8) is 0 Å². The van der Waals surface area contributed by atoms with Crippen LogP contribution in [-0.2, 0) is 19.1 Å². The van der Waals surface area contributed by atoms with E-state index in [0.717, 1.165) is 16.9 Å². The van der Waals surface area contributed by atoms with E-state index in [0.29, 0.717) is 19.4 Å². The van der Waals surface area contributed by atoms with Gasteiger partial charge < -0.3 is 10.5 Å². The molecule has 0 unspecified atom stereocenters. The fourth-order valence-electron chi connectivity index (χ4n) is 2.36. The summed E-state index contributed by atoms with van der Waals surface area (Å²) in [5.74, 6) is 0.387. The molecule has 26 heavy (non-hydrogen) atoms. The Morgan fingerprint density at radius 3 is 2.08 bits per heavy atom. The third kappa shape index (κ3) is 5.86. The second kappa shape index (κ2) is 9.35. The predicted octanol–water partition coefficient (Wildman–Crippen LogP) is 3.11. The van der Waals surface area contributed by atoms with Crippen molar-refractivity contribution in [2.24, 2.45) is 5.73 Å². The highest BCUT2D eigenvalue weighted by Gasteiger charge is 2.15. The summed E-state index contributed by atoms with van der Waals surface area (Å²) in [5, 5.41) is 0. The molecule has 0 aliphatic heterocycles. The number of amides is 1. The predicted molar refractivity (Wildman–Crippen MR) is 99.2 cm³/mol. The monoisotopic (exact) mass is 377 g/mol. The van der Waals surface area contributed by atoms with Crippen LogP contribution in [0.1, 0.15) is 26.2 Å². The molecule has 2 N–H and O–H groups in total. The molecule has 2 rings (SSSR count). The molecular weight excluding hydrogens is 354 g/mol. The van der Waals surface area contributed by atoms with Crippen LogP contribution in [0.25, 0.3) is 11.1 Å². The zero-order chi connectivity index (χ0) is 19.0. The Kier molecular flexibility index (Phi) is 7.17. The van der Waals surface area contributed by atoms with Gasteiger partial charge in [0, 0.05) is 6.42 Å². The Hall–Kier alpha value is -2.38. The van der Waals surface area contributed by atoms with Crippen molar-refractivity contribution < 1.29 is 22.1 Å². The average Bonchev–Trinajstić information content (AvgIpc) is 2.62. The van der Waals surface area contributed by atoms with Crippen molar-refractivity contribution in [2.45, 2.75) is 31.1 Å². The number of unbranched alkanes of at least 4 members (excludes halogenated alkanes) is 1. The maximum atomic E-state index is 12.2. The van der Waals surface area contributed by atoms with Crippen LogP contribution in [-0.4, -0.2) is 27.5 Å². The summed E-state index contributed by atoms with van der Waals surface area (Å²) in [5.41, 5.74) is 6.89. The van der Waals surface area contributed by atoms with E-state index in [9.17, 15) is 13.2 Å². The van der Waals surface area contributed by atoms with E-state index in [1.165, 1.54) is 12.1 Å². The van der Waals surface area contributed by atoms with Gasteiger partial charge in [-0.25, -0.2) is 0 Å². The van der Waals surface area contributed by atoms with E-state index in [4.69, 9.17) is 14.7 Å². The smallest absolute Gasteiger partial charge is 0.296 e. The van der Waals surface area contributed by atoms with E-state index in [-0.39, 0.29) is 17.9 Å². The number of hydrogen-bond acceptors (Lipinski definition) is 5. The summed E-state index contributed by atoms with van der Waals surface area (Å²) in [4.78, 5) is 10.7. The Bertz CT molecular complexity index is 814. The van der Waals surface area contributed by atoms with Crippen molar-refractivity contribution in [3.8, 4) is 16.9 Å². The lowest BCUT2D eigenvalue weighted by Gasteiger charge is -2.08. The van der Waals surface area contributed by atoms with Gasteiger partial charge in [0.1, 0.15) is 5.75 Å². The second-order valence-corrected chi connectivity index (χ2v) is 7.30. The van der Waals surface area contributed by atoms with E-state index in [2.05, 4.69) is 0 Å². The maximum absolute atomic E-state index is 12.2. The van der Waals surface area contributed by atoms with Crippen molar-refractivity contribution >= 4 is 16.0 Å². The topological polar surface area (TPSA) is 95.7 Å². The number of nitrogens with two attached hydrogens (primary N) is 1. The molecule has 0 aliphatic rings. The van der Waals surface area contributed by atoms with Gasteiger partial charge in [-0.1, -0.05) is 24.3 Å². The minimum atomic E-state index is -3.81. The Labute approximate surface area is 154 Å². The van der Waals surface area contributed by atoms with Crippen molar-refractivity contribution in [1.82, 2.24) is 0 Å². The average molecular weight is 377 g/mol. The molecule has 0 spiro atoms. The first-order chi connectivity index (χ1) is 12.4. The minimum absolute atomic E-state index is 0.0241. The van der Waals surface area contributed by atoms with Gasteiger partial charge in [-0.15, -0.1) is 0 Å². The van der Waals surface area contributed by atoms with Gasteiger partial charge >= 0.3 is 0 Å². The van der Waals surface area contributed by atoms with E-state index in [1.54, 1.807) is 12.1 Å². The third-order valence-electron chi connectivity index (χ3n) is 3.70. The van der Waals surface area contributed by atoms with Crippen LogP contribution in [0.4, 0.5) is 0 Å². The lowest BCUT2D eigenvalue weighted by Crippen LogP contribution is -2.11. The lowest BCUT2D eigenvalue weighted by atomic mass is 10.1. The first-order valence-corrected chi connectivity index (χ1v) is 9.84. The van der Waals surface area contributed by atoms with Crippen molar-refractivity contribution in [2.75, 3.05) is 13.2 Å². The minimum Gasteiger partial charge on any atom is -0.494 e. The third-order valence-corrected chi connectivity index (χ3v) is 5.02. The van der Waals surface area contributed by atoms with Crippen LogP contribution in [0.3, 0.4) is 0 Å². The number of benzene rings is 2. The van der Waals surface area contributed by atoms with Gasteiger partial charge in [-0.2, -0.15) is 8.42 Å². The molecule has 0 atom stereocenters. The molecule has 0 bridgehead atoms. The van der Waals surface area contributed by atoms with E-state index >= 15 is 0 Å². The van der Waals surface area contributed by atoms with Crippen molar-refractivity contribution in [3.05, 3.63) is 48.5 Å². The van der Waals surface area contributed by atoms with Crippen LogP contribution in [0.5, 0.6) is 5.75 Å². The molecule has 6 nitrogen and oxygen atoms in total. The molecule has 2 aromatic carbocycles. The standard InChI is InChI=1S/C19H23NO5S/c1-2-24-17-10-6-15(7-11-17)16-8-12-18(13-9-16)26(22,23)25-14-4-3-5-19(20)21/h6-13H,2-5,14H2,1H3,(H2,20,21). The Balaban J connectivity index is 1.97.